The molecule has 0 spiro atoms. The maximum atomic E-state index is 12.5. The summed E-state index contributed by atoms with van der Waals surface area (Å²) in [5.41, 5.74) is 0.912. The van der Waals surface area contributed by atoms with Gasteiger partial charge in [-0.2, -0.15) is 13.2 Å². The molecule has 29 heavy (non-hydrogen) atoms. The molecule has 10 heteroatoms. The highest BCUT2D eigenvalue weighted by molar-refractivity contribution is 7.89. The first-order chi connectivity index (χ1) is 13.6. The molecular weight excluding hydrogens is 411 g/mol. The van der Waals surface area contributed by atoms with Gasteiger partial charge >= 0.3 is 11.8 Å². The monoisotopic (exact) mass is 427 g/mol. The van der Waals surface area contributed by atoms with Crippen molar-refractivity contribution in [2.45, 2.75) is 24.2 Å². The van der Waals surface area contributed by atoms with Crippen molar-refractivity contribution in [3.05, 3.63) is 76.1 Å². The first-order valence-electron chi connectivity index (χ1n) is 8.38. The first-order valence-corrected chi connectivity index (χ1v) is 9.87. The Bertz CT molecular complexity index is 1150. The second kappa shape index (κ2) is 8.36. The van der Waals surface area contributed by atoms with Crippen LogP contribution >= 0.6 is 0 Å². The van der Waals surface area contributed by atoms with E-state index < -0.39 is 28.4 Å². The Labute approximate surface area is 164 Å². The van der Waals surface area contributed by atoms with Gasteiger partial charge in [-0.25, -0.2) is 17.9 Å². The van der Waals surface area contributed by atoms with Crippen LogP contribution in [0.3, 0.4) is 0 Å². The summed E-state index contributed by atoms with van der Waals surface area (Å²) in [5.74, 6) is 0. The van der Waals surface area contributed by atoms with Crippen molar-refractivity contribution in [3.8, 4) is 0 Å². The van der Waals surface area contributed by atoms with Gasteiger partial charge in [0.05, 0.1) is 11.5 Å². The van der Waals surface area contributed by atoms with Crippen molar-refractivity contribution >= 4 is 21.0 Å². The smallest absolute Gasteiger partial charge is 0.411 e. The Morgan fingerprint density at radius 2 is 1.66 bits per heavy atom. The molecule has 0 unspecified atom stereocenters. The summed E-state index contributed by atoms with van der Waals surface area (Å²) in [6.07, 6.45) is -4.38. The molecule has 3 aromatic rings. The number of hydrogen-bond donors (Lipinski definition) is 1. The van der Waals surface area contributed by atoms with E-state index in [1.54, 1.807) is 24.3 Å². The predicted octanol–water partition coefficient (Wildman–Crippen LogP) is 3.35. The minimum absolute atomic E-state index is 0.00602. The maximum Gasteiger partial charge on any atom is 0.411 e. The van der Waals surface area contributed by atoms with Crippen LogP contribution in [-0.4, -0.2) is 21.2 Å². The van der Waals surface area contributed by atoms with Crippen LogP contribution in [0.25, 0.3) is 11.0 Å². The third-order valence-electron chi connectivity index (χ3n) is 3.92. The zero-order valence-corrected chi connectivity index (χ0v) is 15.7. The van der Waals surface area contributed by atoms with E-state index in [1.807, 2.05) is 0 Å². The summed E-state index contributed by atoms with van der Waals surface area (Å²) in [6, 6.07) is 13.1. The van der Waals surface area contributed by atoms with Crippen molar-refractivity contribution in [2.75, 3.05) is 6.61 Å². The molecule has 0 atom stereocenters. The second-order valence-corrected chi connectivity index (χ2v) is 7.97. The van der Waals surface area contributed by atoms with E-state index in [2.05, 4.69) is 9.46 Å². The lowest BCUT2D eigenvalue weighted by atomic mass is 10.1. The van der Waals surface area contributed by atoms with Gasteiger partial charge in [0.15, 0.2) is 0 Å². The van der Waals surface area contributed by atoms with Crippen LogP contribution in [0.15, 0.2) is 68.7 Å². The average molecular weight is 427 g/mol. The molecule has 0 radical (unpaired) electrons. The summed E-state index contributed by atoms with van der Waals surface area (Å²) in [5, 5.41) is 0.468. The van der Waals surface area contributed by atoms with E-state index in [0.717, 1.165) is 0 Å². The van der Waals surface area contributed by atoms with Crippen molar-refractivity contribution in [2.24, 2.45) is 0 Å². The van der Waals surface area contributed by atoms with Gasteiger partial charge < -0.3 is 9.15 Å². The molecule has 0 bridgehead atoms. The van der Waals surface area contributed by atoms with Crippen LogP contribution in [0, 0.1) is 0 Å². The Hall–Kier alpha value is -2.69. The molecule has 0 aliphatic carbocycles. The zero-order chi connectivity index (χ0) is 21.1. The SMILES string of the molecule is O=c1ccc2cc(S(=O)(=O)NCc3ccc(COCC(F)(F)F)cc3)ccc2o1. The number of nitrogens with one attached hydrogen (secondary N) is 1. The predicted molar refractivity (Wildman–Crippen MR) is 98.7 cm³/mol. The summed E-state index contributed by atoms with van der Waals surface area (Å²) < 4.78 is 73.2. The molecule has 0 saturated heterocycles. The Balaban J connectivity index is 1.62. The third-order valence-corrected chi connectivity index (χ3v) is 5.32. The number of alkyl halides is 3. The van der Waals surface area contributed by atoms with Gasteiger partial charge in [-0.1, -0.05) is 24.3 Å². The quantitative estimate of drug-likeness (QED) is 0.585. The van der Waals surface area contributed by atoms with Crippen LogP contribution in [0.4, 0.5) is 13.2 Å². The normalized spacial score (nSPS) is 12.4. The molecule has 0 aliphatic rings. The standard InChI is InChI=1S/C19H16F3NO5S/c20-19(21,22)12-27-11-14-3-1-13(2-4-14)10-23-29(25,26)16-6-7-17-15(9-16)5-8-18(24)28-17/h1-9,23H,10-12H2. The molecule has 0 saturated carbocycles. The molecule has 3 rings (SSSR count). The van der Waals surface area contributed by atoms with Crippen molar-refractivity contribution in [3.63, 3.8) is 0 Å². The summed E-state index contributed by atoms with van der Waals surface area (Å²) in [4.78, 5) is 11.2. The van der Waals surface area contributed by atoms with E-state index in [4.69, 9.17) is 4.42 Å². The van der Waals surface area contributed by atoms with E-state index >= 15 is 0 Å². The molecule has 154 valence electrons. The van der Waals surface area contributed by atoms with Crippen LogP contribution in [0.5, 0.6) is 0 Å². The largest absolute Gasteiger partial charge is 0.423 e. The summed E-state index contributed by atoms with van der Waals surface area (Å²) in [6.45, 7) is -1.53. The van der Waals surface area contributed by atoms with Gasteiger partial charge in [-0.05, 0) is 35.4 Å². The molecule has 2 aromatic carbocycles. The van der Waals surface area contributed by atoms with Crippen molar-refractivity contribution < 1.29 is 30.7 Å². The second-order valence-electron chi connectivity index (χ2n) is 6.20. The lowest BCUT2D eigenvalue weighted by Gasteiger charge is -2.09. The summed E-state index contributed by atoms with van der Waals surface area (Å²) >= 11 is 0. The maximum absolute atomic E-state index is 12.5. The molecule has 0 amide bonds. The van der Waals surface area contributed by atoms with Gasteiger partial charge in [0.25, 0.3) is 0 Å². The number of halogens is 3. The lowest BCUT2D eigenvalue weighted by molar-refractivity contribution is -0.176. The molecule has 0 fully saturated rings. The molecule has 1 N–H and O–H groups in total. The van der Waals surface area contributed by atoms with Gasteiger partial charge in [0.1, 0.15) is 12.2 Å². The minimum Gasteiger partial charge on any atom is -0.423 e. The average Bonchev–Trinajstić information content (AvgIpc) is 2.66. The highest BCUT2D eigenvalue weighted by atomic mass is 32.2. The van der Waals surface area contributed by atoms with E-state index in [0.29, 0.717) is 16.5 Å². The van der Waals surface area contributed by atoms with E-state index in [1.165, 1.54) is 30.3 Å². The van der Waals surface area contributed by atoms with Gasteiger partial charge in [0, 0.05) is 18.0 Å². The third kappa shape index (κ3) is 5.89. The molecule has 1 aromatic heterocycles. The van der Waals surface area contributed by atoms with E-state index in [-0.39, 0.29) is 23.6 Å². The zero-order valence-electron chi connectivity index (χ0n) is 14.9. The van der Waals surface area contributed by atoms with Crippen molar-refractivity contribution in [1.82, 2.24) is 4.72 Å². The molecular formula is C19H16F3NO5S. The van der Waals surface area contributed by atoms with Gasteiger partial charge in [0.2, 0.25) is 10.0 Å². The van der Waals surface area contributed by atoms with Crippen LogP contribution in [0.2, 0.25) is 0 Å². The summed E-state index contributed by atoms with van der Waals surface area (Å²) in [7, 11) is -3.82. The fourth-order valence-corrected chi connectivity index (χ4v) is 3.57. The fourth-order valence-electron chi connectivity index (χ4n) is 2.52. The first kappa shape index (κ1) is 21.0. The van der Waals surface area contributed by atoms with Crippen molar-refractivity contribution in [1.29, 1.82) is 0 Å². The highest BCUT2D eigenvalue weighted by Crippen LogP contribution is 2.18. The number of rotatable bonds is 7. The van der Waals surface area contributed by atoms with Crippen LogP contribution in [-0.2, 0) is 27.9 Å². The Morgan fingerprint density at radius 3 is 2.34 bits per heavy atom. The van der Waals surface area contributed by atoms with Crippen LogP contribution in [0.1, 0.15) is 11.1 Å². The van der Waals surface area contributed by atoms with Gasteiger partial charge in [-0.15, -0.1) is 0 Å². The Morgan fingerprint density at radius 1 is 0.966 bits per heavy atom. The number of fused-ring (bicyclic) bond motifs is 1. The van der Waals surface area contributed by atoms with E-state index in [9.17, 15) is 26.4 Å². The molecule has 1 heterocycles. The number of ether oxygens (including phenoxy) is 1. The lowest BCUT2D eigenvalue weighted by Crippen LogP contribution is -2.23. The fraction of sp³-hybridized carbons (Fsp3) is 0.211. The number of sulfonamides is 1. The van der Waals surface area contributed by atoms with Crippen LogP contribution < -0.4 is 10.3 Å². The highest BCUT2D eigenvalue weighted by Gasteiger charge is 2.27. The minimum atomic E-state index is -4.38. The number of hydrogen-bond acceptors (Lipinski definition) is 5. The molecule has 6 nitrogen and oxygen atoms in total. The molecule has 0 aliphatic heterocycles. The Kier molecular flexibility index (Phi) is 6.06. The van der Waals surface area contributed by atoms with Gasteiger partial charge in [-0.3, -0.25) is 0 Å². The topological polar surface area (TPSA) is 85.6 Å². The number of benzene rings is 2.